The molecule has 1 N–H and O–H groups in total. The van der Waals surface area contributed by atoms with Gasteiger partial charge in [-0.1, -0.05) is 13.8 Å². The van der Waals surface area contributed by atoms with Crippen molar-refractivity contribution in [1.82, 2.24) is 10.2 Å². The number of likely N-dealkylation sites (tertiary alicyclic amines) is 1. The molecule has 1 aliphatic heterocycles. The van der Waals surface area contributed by atoms with Crippen molar-refractivity contribution in [2.45, 2.75) is 44.3 Å². The van der Waals surface area contributed by atoms with Crippen LogP contribution in [0.5, 0.6) is 0 Å². The first kappa shape index (κ1) is 15.3. The fraction of sp³-hybridized carbons (Fsp3) is 1.00. The van der Waals surface area contributed by atoms with Crippen molar-refractivity contribution in [1.29, 1.82) is 0 Å². The van der Waals surface area contributed by atoms with Gasteiger partial charge in [0.15, 0.2) is 0 Å². The Morgan fingerprint density at radius 1 is 1.35 bits per heavy atom. The van der Waals surface area contributed by atoms with Gasteiger partial charge in [0.25, 0.3) is 0 Å². The Hall–Kier alpha value is 0.270. The van der Waals surface area contributed by atoms with E-state index in [2.05, 4.69) is 37.4 Å². The Kier molecular flexibility index (Phi) is 6.90. The lowest BCUT2D eigenvalue weighted by Gasteiger charge is -2.33. The van der Waals surface area contributed by atoms with E-state index in [0.29, 0.717) is 4.75 Å². The zero-order chi connectivity index (χ0) is 12.7. The van der Waals surface area contributed by atoms with Crippen LogP contribution >= 0.6 is 11.8 Å². The highest BCUT2D eigenvalue weighted by molar-refractivity contribution is 8.00. The van der Waals surface area contributed by atoms with Gasteiger partial charge in [0.2, 0.25) is 0 Å². The van der Waals surface area contributed by atoms with Crippen LogP contribution in [0.2, 0.25) is 0 Å². The fourth-order valence-corrected chi connectivity index (χ4v) is 3.63. The highest BCUT2D eigenvalue weighted by Gasteiger charge is 2.25. The molecular formula is C14H30N2S. The van der Waals surface area contributed by atoms with Gasteiger partial charge in [0.1, 0.15) is 0 Å². The number of thioether (sulfide) groups is 1. The summed E-state index contributed by atoms with van der Waals surface area (Å²) < 4.78 is 0.459. The highest BCUT2D eigenvalue weighted by Crippen LogP contribution is 2.29. The van der Waals surface area contributed by atoms with Crippen LogP contribution in [-0.2, 0) is 0 Å². The largest absolute Gasteiger partial charge is 0.315 e. The van der Waals surface area contributed by atoms with Crippen molar-refractivity contribution in [3.63, 3.8) is 0 Å². The summed E-state index contributed by atoms with van der Waals surface area (Å²) in [7, 11) is 2.25. The first-order valence-electron chi connectivity index (χ1n) is 7.10. The molecule has 0 spiro atoms. The smallest absolute Gasteiger partial charge is 0.0276 e. The second-order valence-electron chi connectivity index (χ2n) is 5.50. The molecule has 1 atom stereocenters. The minimum Gasteiger partial charge on any atom is -0.315 e. The predicted molar refractivity (Wildman–Crippen MR) is 79.9 cm³/mol. The monoisotopic (exact) mass is 258 g/mol. The van der Waals surface area contributed by atoms with E-state index in [1.54, 1.807) is 0 Å². The molecule has 0 aromatic carbocycles. The molecule has 0 aromatic heterocycles. The maximum Gasteiger partial charge on any atom is 0.0276 e. The van der Waals surface area contributed by atoms with Gasteiger partial charge in [-0.05, 0) is 58.0 Å². The maximum atomic E-state index is 3.72. The molecule has 1 aliphatic rings. The van der Waals surface area contributed by atoms with Crippen LogP contribution in [0.15, 0.2) is 0 Å². The predicted octanol–water partition coefficient (Wildman–Crippen LogP) is 2.84. The van der Waals surface area contributed by atoms with Gasteiger partial charge in [-0.3, -0.25) is 0 Å². The SMILES string of the molecule is CCC(CC)(CNCC1CCCN(C)C1)SC. The number of nitrogens with one attached hydrogen (secondary N) is 1. The average molecular weight is 258 g/mol. The van der Waals surface area contributed by atoms with Crippen LogP contribution in [0.1, 0.15) is 39.5 Å². The third-order valence-corrected chi connectivity index (χ3v) is 5.91. The molecule has 17 heavy (non-hydrogen) atoms. The second-order valence-corrected chi connectivity index (χ2v) is 6.77. The van der Waals surface area contributed by atoms with Gasteiger partial charge in [-0.25, -0.2) is 0 Å². The van der Waals surface area contributed by atoms with E-state index in [0.717, 1.165) is 5.92 Å². The summed E-state index contributed by atoms with van der Waals surface area (Å²) in [6.45, 7) is 9.56. The Labute approximate surface area is 112 Å². The van der Waals surface area contributed by atoms with E-state index >= 15 is 0 Å². The number of hydrogen-bond donors (Lipinski definition) is 1. The molecule has 0 radical (unpaired) electrons. The molecule has 0 amide bonds. The van der Waals surface area contributed by atoms with Gasteiger partial charge in [0, 0.05) is 17.8 Å². The molecule has 0 bridgehead atoms. The summed E-state index contributed by atoms with van der Waals surface area (Å²) in [6, 6.07) is 0. The molecule has 0 aromatic rings. The summed E-state index contributed by atoms with van der Waals surface area (Å²) >= 11 is 2.03. The van der Waals surface area contributed by atoms with Gasteiger partial charge in [0.05, 0.1) is 0 Å². The van der Waals surface area contributed by atoms with Crippen molar-refractivity contribution in [2.75, 3.05) is 39.5 Å². The molecule has 3 heteroatoms. The second kappa shape index (κ2) is 7.65. The Balaban J connectivity index is 2.26. The highest BCUT2D eigenvalue weighted by atomic mass is 32.2. The maximum absolute atomic E-state index is 3.72. The fourth-order valence-electron chi connectivity index (χ4n) is 2.80. The van der Waals surface area contributed by atoms with Crippen molar-refractivity contribution < 1.29 is 0 Å². The van der Waals surface area contributed by atoms with Crippen molar-refractivity contribution in [3.8, 4) is 0 Å². The minimum absolute atomic E-state index is 0.459. The molecule has 0 aliphatic carbocycles. The zero-order valence-electron chi connectivity index (χ0n) is 12.1. The average Bonchev–Trinajstić information content (AvgIpc) is 2.35. The van der Waals surface area contributed by atoms with Crippen molar-refractivity contribution >= 4 is 11.8 Å². The third kappa shape index (κ3) is 4.80. The number of piperidine rings is 1. The molecule has 102 valence electrons. The topological polar surface area (TPSA) is 15.3 Å². The van der Waals surface area contributed by atoms with Crippen LogP contribution in [0.3, 0.4) is 0 Å². The lowest BCUT2D eigenvalue weighted by Crippen LogP contribution is -2.42. The van der Waals surface area contributed by atoms with Gasteiger partial charge in [-0.15, -0.1) is 0 Å². The third-order valence-electron chi connectivity index (χ3n) is 4.32. The molecule has 0 saturated carbocycles. The Morgan fingerprint density at radius 2 is 2.06 bits per heavy atom. The summed E-state index contributed by atoms with van der Waals surface area (Å²) in [5, 5.41) is 3.72. The van der Waals surface area contributed by atoms with E-state index < -0.39 is 0 Å². The van der Waals surface area contributed by atoms with Crippen LogP contribution in [-0.4, -0.2) is 49.1 Å². The minimum atomic E-state index is 0.459. The van der Waals surface area contributed by atoms with Crippen molar-refractivity contribution in [3.05, 3.63) is 0 Å². The number of hydrogen-bond acceptors (Lipinski definition) is 3. The molecule has 1 heterocycles. The molecular weight excluding hydrogens is 228 g/mol. The molecule has 1 rings (SSSR count). The summed E-state index contributed by atoms with van der Waals surface area (Å²) in [6.07, 6.45) is 7.56. The van der Waals surface area contributed by atoms with E-state index in [-0.39, 0.29) is 0 Å². The standard InChI is InChI=1S/C14H30N2S/c1-5-14(6-2,17-4)12-15-10-13-8-7-9-16(3)11-13/h13,15H,5-12H2,1-4H3. The van der Waals surface area contributed by atoms with Crippen LogP contribution in [0, 0.1) is 5.92 Å². The molecule has 1 unspecified atom stereocenters. The van der Waals surface area contributed by atoms with Crippen LogP contribution in [0.25, 0.3) is 0 Å². The van der Waals surface area contributed by atoms with Gasteiger partial charge < -0.3 is 10.2 Å². The van der Waals surface area contributed by atoms with E-state index in [1.807, 2.05) is 11.8 Å². The number of nitrogens with zero attached hydrogens (tertiary/aromatic N) is 1. The molecule has 1 fully saturated rings. The Morgan fingerprint density at radius 3 is 2.59 bits per heavy atom. The lowest BCUT2D eigenvalue weighted by atomic mass is 9.97. The van der Waals surface area contributed by atoms with Crippen LogP contribution < -0.4 is 5.32 Å². The summed E-state index contributed by atoms with van der Waals surface area (Å²) in [5.74, 6) is 0.863. The first-order chi connectivity index (χ1) is 8.15. The number of rotatable bonds is 7. The Bertz CT molecular complexity index is 196. The van der Waals surface area contributed by atoms with E-state index in [9.17, 15) is 0 Å². The zero-order valence-corrected chi connectivity index (χ0v) is 12.9. The van der Waals surface area contributed by atoms with Crippen LogP contribution in [0.4, 0.5) is 0 Å². The summed E-state index contributed by atoms with van der Waals surface area (Å²) in [4.78, 5) is 2.47. The lowest BCUT2D eigenvalue weighted by molar-refractivity contribution is 0.205. The molecule has 2 nitrogen and oxygen atoms in total. The first-order valence-corrected chi connectivity index (χ1v) is 8.32. The normalized spacial score (nSPS) is 22.9. The van der Waals surface area contributed by atoms with E-state index in [4.69, 9.17) is 0 Å². The van der Waals surface area contributed by atoms with Gasteiger partial charge >= 0.3 is 0 Å². The van der Waals surface area contributed by atoms with Gasteiger partial charge in [-0.2, -0.15) is 11.8 Å². The summed E-state index contributed by atoms with van der Waals surface area (Å²) in [5.41, 5.74) is 0. The molecule has 1 saturated heterocycles. The van der Waals surface area contributed by atoms with E-state index in [1.165, 1.54) is 51.9 Å². The quantitative estimate of drug-likeness (QED) is 0.756. The van der Waals surface area contributed by atoms with Crippen molar-refractivity contribution in [2.24, 2.45) is 5.92 Å².